The van der Waals surface area contributed by atoms with Crippen LogP contribution in [0.3, 0.4) is 0 Å². The van der Waals surface area contributed by atoms with Crippen LogP contribution in [0.4, 0.5) is 17.6 Å². The fraction of sp³-hybridized carbons (Fsp3) is 0.167. The van der Waals surface area contributed by atoms with Crippen LogP contribution in [-0.2, 0) is 17.5 Å². The fourth-order valence-electron chi connectivity index (χ4n) is 4.71. The molecule has 1 unspecified atom stereocenters. The first kappa shape index (κ1) is 30.3. The molecule has 6 rings (SSSR count). The van der Waals surface area contributed by atoms with Crippen molar-refractivity contribution in [2.75, 3.05) is 5.75 Å². The van der Waals surface area contributed by atoms with Crippen molar-refractivity contribution in [2.24, 2.45) is 5.10 Å². The number of nitrogens with zero attached hydrogens (tertiary/aromatic N) is 5. The van der Waals surface area contributed by atoms with E-state index in [0.717, 1.165) is 28.8 Å². The smallest absolute Gasteiger partial charge is 0.416 e. The van der Waals surface area contributed by atoms with Crippen LogP contribution in [0.25, 0.3) is 5.69 Å². The Balaban J connectivity index is 1.27. The van der Waals surface area contributed by atoms with Gasteiger partial charge in [-0.15, -0.1) is 21.5 Å². The molecule has 2 aromatic carbocycles. The summed E-state index contributed by atoms with van der Waals surface area (Å²) in [5.41, 5.74) is 0.613. The summed E-state index contributed by atoms with van der Waals surface area (Å²) in [7, 11) is 0. The van der Waals surface area contributed by atoms with E-state index in [0.29, 0.717) is 17.7 Å². The van der Waals surface area contributed by atoms with Crippen LogP contribution in [-0.4, -0.2) is 43.1 Å². The summed E-state index contributed by atoms with van der Waals surface area (Å²) >= 11 is 2.44. The molecule has 0 fully saturated rings. The van der Waals surface area contributed by atoms with Gasteiger partial charge in [-0.3, -0.25) is 14.2 Å². The molecule has 15 heteroatoms. The lowest BCUT2D eigenvalue weighted by Gasteiger charge is -2.22. The molecule has 3 aromatic heterocycles. The van der Waals surface area contributed by atoms with Gasteiger partial charge in [0, 0.05) is 6.42 Å². The molecule has 230 valence electrons. The Morgan fingerprint density at radius 1 is 1.04 bits per heavy atom. The molecular formula is C30H22F4N6O3S2. The van der Waals surface area contributed by atoms with Gasteiger partial charge in [-0.25, -0.2) is 9.40 Å². The van der Waals surface area contributed by atoms with Crippen molar-refractivity contribution in [2.45, 2.75) is 30.3 Å². The number of hydrazone groups is 1. The third-order valence-corrected chi connectivity index (χ3v) is 8.67. The number of furan rings is 1. The summed E-state index contributed by atoms with van der Waals surface area (Å²) < 4.78 is 60.9. The SMILES string of the molecule is O=C(NCc1nnc(SCC(=O)N2N=C(c3cccs3)CC2c2ccc(F)cc2)n1-c1cccc(C(F)(F)F)c1)c1ccco1. The lowest BCUT2D eigenvalue weighted by Crippen LogP contribution is -2.28. The van der Waals surface area contributed by atoms with Crippen molar-refractivity contribution in [1.29, 1.82) is 0 Å². The molecule has 2 amide bonds. The molecule has 0 aliphatic carbocycles. The molecule has 0 saturated carbocycles. The van der Waals surface area contributed by atoms with Crippen LogP contribution >= 0.6 is 23.1 Å². The predicted molar refractivity (Wildman–Crippen MR) is 158 cm³/mol. The summed E-state index contributed by atoms with van der Waals surface area (Å²) in [5.74, 6) is -1.36. The zero-order valence-electron chi connectivity index (χ0n) is 23.1. The summed E-state index contributed by atoms with van der Waals surface area (Å²) in [6.45, 7) is -0.190. The number of carbonyl (C=O) groups excluding carboxylic acids is 2. The monoisotopic (exact) mass is 654 g/mol. The highest BCUT2D eigenvalue weighted by Crippen LogP contribution is 2.35. The molecular weight excluding hydrogens is 632 g/mol. The molecule has 1 N–H and O–H groups in total. The van der Waals surface area contributed by atoms with E-state index < -0.39 is 35.4 Å². The van der Waals surface area contributed by atoms with E-state index in [1.807, 2.05) is 17.5 Å². The Labute approximate surface area is 261 Å². The number of nitrogens with one attached hydrogen (secondary N) is 1. The average Bonchev–Trinajstić information content (AvgIpc) is 3.85. The minimum atomic E-state index is -4.61. The lowest BCUT2D eigenvalue weighted by atomic mass is 10.0. The van der Waals surface area contributed by atoms with E-state index in [9.17, 15) is 27.2 Å². The number of hydrogen-bond acceptors (Lipinski definition) is 8. The molecule has 1 aliphatic rings. The zero-order chi connectivity index (χ0) is 31.6. The number of amides is 2. The maximum atomic E-state index is 13.7. The van der Waals surface area contributed by atoms with Crippen molar-refractivity contribution in [3.05, 3.63) is 118 Å². The van der Waals surface area contributed by atoms with Crippen LogP contribution in [0.1, 0.15) is 44.8 Å². The maximum Gasteiger partial charge on any atom is 0.416 e. The van der Waals surface area contributed by atoms with Gasteiger partial charge >= 0.3 is 6.18 Å². The summed E-state index contributed by atoms with van der Waals surface area (Å²) in [6.07, 6.45) is -2.85. The second kappa shape index (κ2) is 12.7. The molecule has 1 atom stereocenters. The summed E-state index contributed by atoms with van der Waals surface area (Å²) in [4.78, 5) is 27.0. The number of aromatic nitrogens is 3. The number of rotatable bonds is 9. The predicted octanol–water partition coefficient (Wildman–Crippen LogP) is 6.48. The highest BCUT2D eigenvalue weighted by atomic mass is 32.2. The highest BCUT2D eigenvalue weighted by Gasteiger charge is 2.34. The number of alkyl halides is 3. The van der Waals surface area contributed by atoms with Gasteiger partial charge in [-0.2, -0.15) is 18.3 Å². The first-order valence-corrected chi connectivity index (χ1v) is 15.3. The van der Waals surface area contributed by atoms with Gasteiger partial charge in [-0.05, 0) is 59.5 Å². The topological polar surface area (TPSA) is 106 Å². The highest BCUT2D eigenvalue weighted by molar-refractivity contribution is 7.99. The van der Waals surface area contributed by atoms with Gasteiger partial charge in [0.1, 0.15) is 5.82 Å². The molecule has 0 saturated heterocycles. The number of halogens is 4. The molecule has 0 radical (unpaired) electrons. The first-order valence-electron chi connectivity index (χ1n) is 13.4. The molecule has 1 aliphatic heterocycles. The van der Waals surface area contributed by atoms with Crippen molar-refractivity contribution in [3.8, 4) is 5.69 Å². The normalized spacial score (nSPS) is 14.9. The Morgan fingerprint density at radius 3 is 2.58 bits per heavy atom. The van der Waals surface area contributed by atoms with Gasteiger partial charge in [0.15, 0.2) is 16.7 Å². The van der Waals surface area contributed by atoms with E-state index in [1.54, 1.807) is 18.2 Å². The minimum absolute atomic E-state index is 0.0455. The van der Waals surface area contributed by atoms with Gasteiger partial charge in [0.2, 0.25) is 0 Å². The van der Waals surface area contributed by atoms with E-state index in [2.05, 4.69) is 20.6 Å². The van der Waals surface area contributed by atoms with E-state index in [-0.39, 0.29) is 34.7 Å². The van der Waals surface area contributed by atoms with Gasteiger partial charge in [-0.1, -0.05) is 36.0 Å². The quantitative estimate of drug-likeness (QED) is 0.144. The van der Waals surface area contributed by atoms with E-state index in [1.165, 1.54) is 57.5 Å². The third-order valence-electron chi connectivity index (χ3n) is 6.84. The molecule has 45 heavy (non-hydrogen) atoms. The van der Waals surface area contributed by atoms with Gasteiger partial charge in [0.25, 0.3) is 11.8 Å². The third kappa shape index (κ3) is 6.68. The Morgan fingerprint density at radius 2 is 1.87 bits per heavy atom. The number of thioether (sulfide) groups is 1. The van der Waals surface area contributed by atoms with Crippen molar-refractivity contribution >= 4 is 40.6 Å². The van der Waals surface area contributed by atoms with Crippen molar-refractivity contribution < 1.29 is 31.6 Å². The summed E-state index contributed by atoms with van der Waals surface area (Å²) in [6, 6.07) is 16.7. The number of benzene rings is 2. The van der Waals surface area contributed by atoms with Crippen LogP contribution < -0.4 is 5.32 Å². The standard InChI is InChI=1S/C30H22F4N6O3S2/c31-20-10-8-18(9-11-20)23-15-22(25-7-3-13-44-25)38-40(23)27(41)17-45-29-37-36-26(16-35-28(42)24-6-2-12-43-24)39(29)21-5-1-4-19(14-21)30(32,33)34/h1-14,23H,15-17H2,(H,35,42). The minimum Gasteiger partial charge on any atom is -0.459 e. The van der Waals surface area contributed by atoms with Crippen LogP contribution in [0.2, 0.25) is 0 Å². The second-order valence-corrected chi connectivity index (χ2v) is 11.7. The van der Waals surface area contributed by atoms with Gasteiger partial charge in [0.05, 0.1) is 46.4 Å². The largest absolute Gasteiger partial charge is 0.459 e. The van der Waals surface area contributed by atoms with E-state index >= 15 is 0 Å². The van der Waals surface area contributed by atoms with Gasteiger partial charge < -0.3 is 9.73 Å². The number of thiophene rings is 1. The maximum absolute atomic E-state index is 13.7. The first-order chi connectivity index (χ1) is 21.7. The lowest BCUT2D eigenvalue weighted by molar-refractivity contribution is -0.137. The summed E-state index contributed by atoms with van der Waals surface area (Å²) in [5, 5.41) is 18.9. The van der Waals surface area contributed by atoms with Crippen LogP contribution in [0.5, 0.6) is 0 Å². The Hall–Kier alpha value is -4.76. The Bertz CT molecular complexity index is 1840. The Kier molecular flexibility index (Phi) is 8.54. The van der Waals surface area contributed by atoms with Crippen LogP contribution in [0.15, 0.2) is 99.1 Å². The molecule has 0 spiro atoms. The van der Waals surface area contributed by atoms with Crippen LogP contribution in [0, 0.1) is 5.82 Å². The zero-order valence-corrected chi connectivity index (χ0v) is 24.7. The average molecular weight is 655 g/mol. The second-order valence-electron chi connectivity index (χ2n) is 9.76. The number of hydrogen-bond donors (Lipinski definition) is 1. The molecule has 5 aromatic rings. The van der Waals surface area contributed by atoms with Crippen molar-refractivity contribution in [1.82, 2.24) is 25.1 Å². The fourth-order valence-corrected chi connectivity index (χ4v) is 6.26. The van der Waals surface area contributed by atoms with Crippen molar-refractivity contribution in [3.63, 3.8) is 0 Å². The molecule has 4 heterocycles. The molecule has 0 bridgehead atoms. The number of carbonyl (C=O) groups is 2. The van der Waals surface area contributed by atoms with E-state index in [4.69, 9.17) is 4.42 Å². The molecule has 9 nitrogen and oxygen atoms in total.